The molecule has 0 radical (unpaired) electrons. The molecule has 0 saturated heterocycles. The van der Waals surface area contributed by atoms with Crippen molar-refractivity contribution in [3.05, 3.63) is 56.8 Å². The highest BCUT2D eigenvalue weighted by atomic mass is 127. The summed E-state index contributed by atoms with van der Waals surface area (Å²) in [5.74, 6) is 1.03. The molecule has 2 heterocycles. The van der Waals surface area contributed by atoms with Crippen molar-refractivity contribution in [3.63, 3.8) is 0 Å². The third kappa shape index (κ3) is 4.64. The van der Waals surface area contributed by atoms with Gasteiger partial charge in [-0.15, -0.1) is 5.10 Å². The van der Waals surface area contributed by atoms with Crippen molar-refractivity contribution >= 4 is 28.4 Å². The summed E-state index contributed by atoms with van der Waals surface area (Å²) in [6.45, 7) is 2.04. The smallest absolute Gasteiger partial charge is 0.416 e. The Morgan fingerprint density at radius 1 is 1.30 bits per heavy atom. The average molecular weight is 490 g/mol. The number of ether oxygens (including phenoxy) is 1. The van der Waals surface area contributed by atoms with Crippen LogP contribution in [0.15, 0.2) is 30.5 Å². The molecule has 0 unspecified atom stereocenters. The Kier molecular flexibility index (Phi) is 5.48. The summed E-state index contributed by atoms with van der Waals surface area (Å²) in [6.07, 6.45) is -2.80. The summed E-state index contributed by atoms with van der Waals surface area (Å²) in [7, 11) is 0. The fourth-order valence-corrected chi connectivity index (χ4v) is 2.77. The molecule has 2 N–H and O–H groups in total. The third-order valence-corrected chi connectivity index (χ3v) is 4.79. The maximum Gasteiger partial charge on any atom is 0.416 e. The average Bonchev–Trinajstić information content (AvgIpc) is 2.95. The standard InChI is InChI=1S/C16H14F3IN6O/c1-9-22-6-10(15(21)23-9)7-26-14(20)13(24-25-26)8-27-12-4-2-3-11(5-12)16(17,18)19/h2-6H,7-8H2,1H3,(H2,21,22,23). The molecule has 0 saturated carbocycles. The summed E-state index contributed by atoms with van der Waals surface area (Å²) in [6, 6.07) is 4.68. The largest absolute Gasteiger partial charge is 0.487 e. The number of aryl methyl sites for hydroxylation is 1. The van der Waals surface area contributed by atoms with E-state index in [-0.39, 0.29) is 12.4 Å². The topological polar surface area (TPSA) is 91.7 Å². The highest BCUT2D eigenvalue weighted by Crippen LogP contribution is 2.31. The summed E-state index contributed by atoms with van der Waals surface area (Å²) >= 11 is 2.04. The fraction of sp³-hybridized carbons (Fsp3) is 0.250. The number of anilines is 1. The predicted molar refractivity (Wildman–Crippen MR) is 98.8 cm³/mol. The normalized spacial score (nSPS) is 11.6. The number of nitrogens with zero attached hydrogens (tertiary/aromatic N) is 5. The van der Waals surface area contributed by atoms with Gasteiger partial charge in [0, 0.05) is 11.8 Å². The number of rotatable bonds is 5. The number of nitrogen functional groups attached to an aromatic ring is 1. The molecule has 3 aromatic rings. The zero-order valence-corrected chi connectivity index (χ0v) is 16.2. The lowest BCUT2D eigenvalue weighted by molar-refractivity contribution is -0.137. The highest BCUT2D eigenvalue weighted by Gasteiger charge is 2.30. The number of hydrogen-bond acceptors (Lipinski definition) is 6. The van der Waals surface area contributed by atoms with Gasteiger partial charge in [0.25, 0.3) is 0 Å². The van der Waals surface area contributed by atoms with Crippen LogP contribution < -0.4 is 10.5 Å². The first-order valence-electron chi connectivity index (χ1n) is 7.70. The molecule has 0 aliphatic heterocycles. The Labute approximate surface area is 165 Å². The number of alkyl halides is 3. The van der Waals surface area contributed by atoms with Gasteiger partial charge < -0.3 is 10.5 Å². The van der Waals surface area contributed by atoms with Crippen LogP contribution in [0.3, 0.4) is 0 Å². The van der Waals surface area contributed by atoms with Crippen molar-refractivity contribution in [1.82, 2.24) is 25.0 Å². The first-order valence-corrected chi connectivity index (χ1v) is 8.78. The van der Waals surface area contributed by atoms with E-state index in [0.717, 1.165) is 12.1 Å². The molecular formula is C16H14F3IN6O. The van der Waals surface area contributed by atoms with E-state index >= 15 is 0 Å². The maximum atomic E-state index is 12.8. The van der Waals surface area contributed by atoms with Crippen molar-refractivity contribution in [2.24, 2.45) is 0 Å². The van der Waals surface area contributed by atoms with Gasteiger partial charge in [0.15, 0.2) is 0 Å². The van der Waals surface area contributed by atoms with Crippen LogP contribution in [0.4, 0.5) is 19.0 Å². The van der Waals surface area contributed by atoms with E-state index in [0.29, 0.717) is 33.1 Å². The number of hydrogen-bond donors (Lipinski definition) is 1. The molecule has 11 heteroatoms. The van der Waals surface area contributed by atoms with Crippen molar-refractivity contribution in [2.75, 3.05) is 5.73 Å². The van der Waals surface area contributed by atoms with Crippen LogP contribution in [0.1, 0.15) is 22.6 Å². The molecular weight excluding hydrogens is 476 g/mol. The molecule has 3 rings (SSSR count). The SMILES string of the molecule is Cc1ncc(Cn2nnc(COc3cccc(C(F)(F)F)c3)c2I)c(N)n1. The van der Waals surface area contributed by atoms with Gasteiger partial charge in [-0.3, -0.25) is 0 Å². The third-order valence-electron chi connectivity index (χ3n) is 3.61. The van der Waals surface area contributed by atoms with Gasteiger partial charge in [0.1, 0.15) is 33.4 Å². The number of halogens is 4. The molecule has 2 aromatic heterocycles. The highest BCUT2D eigenvalue weighted by molar-refractivity contribution is 14.1. The Hall–Kier alpha value is -2.44. The predicted octanol–water partition coefficient (Wildman–Crippen LogP) is 3.21. The number of benzene rings is 1. The summed E-state index contributed by atoms with van der Waals surface area (Å²) in [5.41, 5.74) is 6.30. The van der Waals surface area contributed by atoms with Crippen molar-refractivity contribution in [1.29, 1.82) is 0 Å². The number of nitrogens with two attached hydrogens (primary N) is 1. The Bertz CT molecular complexity index is 960. The molecule has 0 aliphatic carbocycles. The van der Waals surface area contributed by atoms with Gasteiger partial charge in [-0.1, -0.05) is 11.3 Å². The summed E-state index contributed by atoms with van der Waals surface area (Å²) in [4.78, 5) is 8.20. The molecule has 0 fully saturated rings. The van der Waals surface area contributed by atoms with E-state index in [1.54, 1.807) is 17.8 Å². The minimum atomic E-state index is -4.42. The first-order chi connectivity index (χ1) is 12.7. The number of aromatic nitrogens is 5. The summed E-state index contributed by atoms with van der Waals surface area (Å²) in [5, 5.41) is 8.05. The van der Waals surface area contributed by atoms with E-state index in [1.165, 1.54) is 12.1 Å². The van der Waals surface area contributed by atoms with Gasteiger partial charge >= 0.3 is 6.18 Å². The second-order valence-electron chi connectivity index (χ2n) is 5.63. The fourth-order valence-electron chi connectivity index (χ4n) is 2.24. The van der Waals surface area contributed by atoms with E-state index in [9.17, 15) is 13.2 Å². The minimum absolute atomic E-state index is 0.0144. The van der Waals surface area contributed by atoms with Crippen molar-refractivity contribution in [3.8, 4) is 5.75 Å². The lowest BCUT2D eigenvalue weighted by Gasteiger charge is -2.09. The molecule has 0 spiro atoms. The van der Waals surface area contributed by atoms with Gasteiger partial charge in [0.2, 0.25) is 0 Å². The van der Waals surface area contributed by atoms with Crippen molar-refractivity contribution < 1.29 is 17.9 Å². The molecule has 0 aliphatic rings. The summed E-state index contributed by atoms with van der Waals surface area (Å²) < 4.78 is 46.0. The monoisotopic (exact) mass is 490 g/mol. The maximum absolute atomic E-state index is 12.8. The molecule has 7 nitrogen and oxygen atoms in total. The van der Waals surface area contributed by atoms with Gasteiger partial charge in [-0.25, -0.2) is 14.6 Å². The van der Waals surface area contributed by atoms with Crippen molar-refractivity contribution in [2.45, 2.75) is 26.3 Å². The van der Waals surface area contributed by atoms with Crippen LogP contribution in [0.25, 0.3) is 0 Å². The molecule has 1 aromatic carbocycles. The minimum Gasteiger partial charge on any atom is -0.487 e. The van der Waals surface area contributed by atoms with Gasteiger partial charge in [-0.2, -0.15) is 13.2 Å². The second-order valence-corrected chi connectivity index (χ2v) is 6.65. The van der Waals surface area contributed by atoms with E-state index in [2.05, 4.69) is 20.3 Å². The van der Waals surface area contributed by atoms with Gasteiger partial charge in [-0.05, 0) is 47.7 Å². The van der Waals surface area contributed by atoms with Crippen LogP contribution in [-0.2, 0) is 19.3 Å². The molecule has 0 amide bonds. The van der Waals surface area contributed by atoms with Gasteiger partial charge in [0.05, 0.1) is 12.1 Å². The molecule has 27 heavy (non-hydrogen) atoms. The molecule has 142 valence electrons. The zero-order valence-electron chi connectivity index (χ0n) is 14.0. The van der Waals surface area contributed by atoms with E-state index in [4.69, 9.17) is 10.5 Å². The lowest BCUT2D eigenvalue weighted by Crippen LogP contribution is -2.09. The second kappa shape index (κ2) is 7.66. The Balaban J connectivity index is 1.71. The Morgan fingerprint density at radius 3 is 2.78 bits per heavy atom. The van der Waals surface area contributed by atoms with Crippen LogP contribution in [0.5, 0.6) is 5.75 Å². The first kappa shape index (κ1) is 19.3. The van der Waals surface area contributed by atoms with E-state index in [1.807, 2.05) is 22.6 Å². The van der Waals surface area contributed by atoms with Crippen LogP contribution in [-0.4, -0.2) is 25.0 Å². The van der Waals surface area contributed by atoms with Crippen LogP contribution in [0, 0.1) is 10.6 Å². The zero-order chi connectivity index (χ0) is 19.6. The van der Waals surface area contributed by atoms with Crippen LogP contribution in [0.2, 0.25) is 0 Å². The lowest BCUT2D eigenvalue weighted by atomic mass is 10.2. The quantitative estimate of drug-likeness (QED) is 0.553. The van der Waals surface area contributed by atoms with Crippen LogP contribution >= 0.6 is 22.6 Å². The Morgan fingerprint density at radius 2 is 2.07 bits per heavy atom. The molecule has 0 atom stereocenters. The molecule has 0 bridgehead atoms. The van der Waals surface area contributed by atoms with E-state index < -0.39 is 11.7 Å².